The molecule has 1 heterocycles. The lowest BCUT2D eigenvalue weighted by Gasteiger charge is -2.36. The summed E-state index contributed by atoms with van der Waals surface area (Å²) in [7, 11) is 0. The molecule has 0 amide bonds. The van der Waals surface area contributed by atoms with Gasteiger partial charge in [0.2, 0.25) is 0 Å². The number of anilines is 2. The Morgan fingerprint density at radius 2 is 1.95 bits per heavy atom. The van der Waals surface area contributed by atoms with Gasteiger partial charge < -0.3 is 10.0 Å². The largest absolute Gasteiger partial charge is 0.392 e. The Bertz CT molecular complexity index is 621. The van der Waals surface area contributed by atoms with Gasteiger partial charge in [0, 0.05) is 23.5 Å². The number of rotatable bonds is 2. The molecule has 0 radical (unpaired) electrons. The summed E-state index contributed by atoms with van der Waals surface area (Å²) in [6, 6.07) is 14.9. The van der Waals surface area contributed by atoms with E-state index in [1.165, 1.54) is 16.8 Å². The standard InChI is InChI=1S/C18H21NO/c1-13-7-8-18(16(9-13)12-20)19-11-14(2)10-15-5-3-4-6-17(15)19/h3-9,14,20H,10-12H2,1-2H3. The normalized spacial score (nSPS) is 17.9. The Balaban J connectivity index is 2.10. The molecule has 1 aliphatic heterocycles. The Morgan fingerprint density at radius 1 is 1.15 bits per heavy atom. The quantitative estimate of drug-likeness (QED) is 0.894. The van der Waals surface area contributed by atoms with E-state index in [4.69, 9.17) is 0 Å². The van der Waals surface area contributed by atoms with E-state index in [1.54, 1.807) is 0 Å². The van der Waals surface area contributed by atoms with Gasteiger partial charge in [-0.2, -0.15) is 0 Å². The summed E-state index contributed by atoms with van der Waals surface area (Å²) in [5.74, 6) is 0.623. The Labute approximate surface area is 120 Å². The lowest BCUT2D eigenvalue weighted by Crippen LogP contribution is -2.31. The summed E-state index contributed by atoms with van der Waals surface area (Å²) in [4.78, 5) is 2.36. The van der Waals surface area contributed by atoms with E-state index in [2.05, 4.69) is 61.2 Å². The van der Waals surface area contributed by atoms with Gasteiger partial charge in [-0.25, -0.2) is 0 Å². The van der Waals surface area contributed by atoms with Crippen molar-refractivity contribution < 1.29 is 5.11 Å². The second-order valence-electron chi connectivity index (χ2n) is 5.84. The molecule has 0 bridgehead atoms. The molecule has 1 atom stereocenters. The second-order valence-corrected chi connectivity index (χ2v) is 5.84. The monoisotopic (exact) mass is 267 g/mol. The maximum atomic E-state index is 9.66. The van der Waals surface area contributed by atoms with Gasteiger partial charge in [0.25, 0.3) is 0 Å². The third-order valence-corrected chi connectivity index (χ3v) is 4.04. The average Bonchev–Trinajstić information content (AvgIpc) is 2.46. The van der Waals surface area contributed by atoms with Crippen LogP contribution in [-0.4, -0.2) is 11.7 Å². The molecule has 2 aromatic rings. The highest BCUT2D eigenvalue weighted by Gasteiger charge is 2.23. The summed E-state index contributed by atoms with van der Waals surface area (Å²) in [5.41, 5.74) is 6.02. The number of benzene rings is 2. The maximum Gasteiger partial charge on any atom is 0.0702 e. The van der Waals surface area contributed by atoms with Crippen LogP contribution in [0.25, 0.3) is 0 Å². The van der Waals surface area contributed by atoms with E-state index < -0.39 is 0 Å². The van der Waals surface area contributed by atoms with Crippen molar-refractivity contribution in [1.29, 1.82) is 0 Å². The first-order chi connectivity index (χ1) is 9.69. The van der Waals surface area contributed by atoms with Crippen molar-refractivity contribution in [2.75, 3.05) is 11.4 Å². The first-order valence-corrected chi connectivity index (χ1v) is 7.25. The molecule has 0 aliphatic carbocycles. The average molecular weight is 267 g/mol. The van der Waals surface area contributed by atoms with Crippen molar-refractivity contribution in [2.24, 2.45) is 5.92 Å². The molecule has 0 saturated heterocycles. The number of para-hydroxylation sites is 1. The molecule has 2 aromatic carbocycles. The zero-order valence-corrected chi connectivity index (χ0v) is 12.1. The zero-order chi connectivity index (χ0) is 14.1. The predicted octanol–water partition coefficient (Wildman–Crippen LogP) is 3.82. The van der Waals surface area contributed by atoms with Gasteiger partial charge in [-0.3, -0.25) is 0 Å². The fourth-order valence-corrected chi connectivity index (χ4v) is 3.13. The van der Waals surface area contributed by atoms with Gasteiger partial charge in [-0.1, -0.05) is 42.8 Å². The zero-order valence-electron chi connectivity index (χ0n) is 12.1. The van der Waals surface area contributed by atoms with Crippen LogP contribution in [0, 0.1) is 12.8 Å². The van der Waals surface area contributed by atoms with Crippen LogP contribution in [0.15, 0.2) is 42.5 Å². The van der Waals surface area contributed by atoms with Crippen LogP contribution in [0.3, 0.4) is 0 Å². The van der Waals surface area contributed by atoms with Crippen LogP contribution >= 0.6 is 0 Å². The van der Waals surface area contributed by atoms with E-state index >= 15 is 0 Å². The minimum Gasteiger partial charge on any atom is -0.392 e. The van der Waals surface area contributed by atoms with Crippen molar-refractivity contribution in [2.45, 2.75) is 26.9 Å². The number of nitrogens with zero attached hydrogens (tertiary/aromatic N) is 1. The molecule has 2 heteroatoms. The minimum atomic E-state index is 0.0874. The highest BCUT2D eigenvalue weighted by Crippen LogP contribution is 2.37. The molecule has 0 fully saturated rings. The molecule has 3 rings (SSSR count). The van der Waals surface area contributed by atoms with Crippen LogP contribution in [0.2, 0.25) is 0 Å². The van der Waals surface area contributed by atoms with E-state index in [9.17, 15) is 5.11 Å². The highest BCUT2D eigenvalue weighted by molar-refractivity contribution is 5.70. The second kappa shape index (κ2) is 5.29. The first-order valence-electron chi connectivity index (χ1n) is 7.25. The minimum absolute atomic E-state index is 0.0874. The first kappa shape index (κ1) is 13.2. The van der Waals surface area contributed by atoms with Gasteiger partial charge >= 0.3 is 0 Å². The molecule has 104 valence electrons. The number of aryl methyl sites for hydroxylation is 1. The molecular weight excluding hydrogens is 246 g/mol. The maximum absolute atomic E-state index is 9.66. The molecule has 0 saturated carbocycles. The fraction of sp³-hybridized carbons (Fsp3) is 0.333. The molecular formula is C18H21NO. The van der Waals surface area contributed by atoms with Crippen molar-refractivity contribution in [3.8, 4) is 0 Å². The number of aliphatic hydroxyl groups is 1. The predicted molar refractivity (Wildman–Crippen MR) is 83.4 cm³/mol. The molecule has 1 unspecified atom stereocenters. The molecule has 1 aliphatic rings. The summed E-state index contributed by atoms with van der Waals surface area (Å²) in [5, 5.41) is 9.66. The number of hydrogen-bond donors (Lipinski definition) is 1. The van der Waals surface area contributed by atoms with Gasteiger partial charge in [0.15, 0.2) is 0 Å². The van der Waals surface area contributed by atoms with E-state index in [0.29, 0.717) is 5.92 Å². The van der Waals surface area contributed by atoms with Crippen molar-refractivity contribution in [3.05, 3.63) is 59.2 Å². The van der Waals surface area contributed by atoms with Crippen LogP contribution in [0.1, 0.15) is 23.6 Å². The smallest absolute Gasteiger partial charge is 0.0702 e. The Kier molecular flexibility index (Phi) is 3.49. The molecule has 20 heavy (non-hydrogen) atoms. The van der Waals surface area contributed by atoms with Crippen LogP contribution < -0.4 is 4.90 Å². The summed E-state index contributed by atoms with van der Waals surface area (Å²) < 4.78 is 0. The number of hydrogen-bond acceptors (Lipinski definition) is 2. The summed E-state index contributed by atoms with van der Waals surface area (Å²) in [6.45, 7) is 5.45. The van der Waals surface area contributed by atoms with E-state index in [0.717, 1.165) is 24.2 Å². The van der Waals surface area contributed by atoms with Crippen LogP contribution in [0.4, 0.5) is 11.4 Å². The molecule has 0 aromatic heterocycles. The summed E-state index contributed by atoms with van der Waals surface area (Å²) >= 11 is 0. The van der Waals surface area contributed by atoms with Crippen molar-refractivity contribution in [1.82, 2.24) is 0 Å². The SMILES string of the molecule is Cc1ccc(N2CC(C)Cc3ccccc32)c(CO)c1. The van der Waals surface area contributed by atoms with Crippen LogP contribution in [-0.2, 0) is 13.0 Å². The Morgan fingerprint density at radius 3 is 2.75 bits per heavy atom. The topological polar surface area (TPSA) is 23.5 Å². The van der Waals surface area contributed by atoms with Crippen LogP contribution in [0.5, 0.6) is 0 Å². The number of aliphatic hydroxyl groups excluding tert-OH is 1. The number of fused-ring (bicyclic) bond motifs is 1. The molecule has 0 spiro atoms. The fourth-order valence-electron chi connectivity index (χ4n) is 3.13. The van der Waals surface area contributed by atoms with Gasteiger partial charge in [0.1, 0.15) is 0 Å². The summed E-state index contributed by atoms with van der Waals surface area (Å²) in [6.07, 6.45) is 1.13. The lowest BCUT2D eigenvalue weighted by atomic mass is 9.93. The van der Waals surface area contributed by atoms with Gasteiger partial charge in [0.05, 0.1) is 6.61 Å². The third-order valence-electron chi connectivity index (χ3n) is 4.04. The van der Waals surface area contributed by atoms with Gasteiger partial charge in [-0.15, -0.1) is 0 Å². The highest BCUT2D eigenvalue weighted by atomic mass is 16.3. The Hall–Kier alpha value is -1.80. The molecule has 2 nitrogen and oxygen atoms in total. The van der Waals surface area contributed by atoms with Crippen molar-refractivity contribution in [3.63, 3.8) is 0 Å². The lowest BCUT2D eigenvalue weighted by molar-refractivity contribution is 0.282. The van der Waals surface area contributed by atoms with Gasteiger partial charge in [-0.05, 0) is 37.0 Å². The van der Waals surface area contributed by atoms with E-state index in [1.807, 2.05) is 0 Å². The van der Waals surface area contributed by atoms with Crippen molar-refractivity contribution >= 4 is 11.4 Å². The third kappa shape index (κ3) is 2.32. The molecule has 1 N–H and O–H groups in total. The van der Waals surface area contributed by atoms with E-state index in [-0.39, 0.29) is 6.61 Å².